The molecule has 0 saturated carbocycles. The van der Waals surface area contributed by atoms with Gasteiger partial charge in [-0.3, -0.25) is 0 Å². The summed E-state index contributed by atoms with van der Waals surface area (Å²) in [5.74, 6) is 1.12. The molecular weight excluding hydrogens is 417 g/mol. The van der Waals surface area contributed by atoms with Crippen molar-refractivity contribution in [3.63, 3.8) is 0 Å². The van der Waals surface area contributed by atoms with Gasteiger partial charge in [0.1, 0.15) is 0 Å². The fourth-order valence-electron chi connectivity index (χ4n) is 4.67. The van der Waals surface area contributed by atoms with Crippen LogP contribution in [0, 0.1) is 16.4 Å². The highest BCUT2D eigenvalue weighted by Crippen LogP contribution is 2.51. The minimum absolute atomic E-state index is 0.359. The summed E-state index contributed by atoms with van der Waals surface area (Å²) in [6, 6.07) is 20.5. The highest BCUT2D eigenvalue weighted by molar-refractivity contribution is 14.1. The van der Waals surface area contributed by atoms with E-state index in [1.54, 1.807) is 0 Å². The molecule has 1 aliphatic carbocycles. The minimum atomic E-state index is 0.359. The number of benzene rings is 3. The molecule has 0 aromatic heterocycles. The predicted octanol–water partition coefficient (Wildman–Crippen LogP) is 6.58. The molecule has 2 aliphatic rings. The lowest BCUT2D eigenvalue weighted by Gasteiger charge is -2.39. The third kappa shape index (κ3) is 2.42. The van der Waals surface area contributed by atoms with Crippen LogP contribution in [-0.2, 0) is 0 Å². The zero-order valence-corrected chi connectivity index (χ0v) is 16.3. The van der Waals surface area contributed by atoms with Crippen LogP contribution >= 0.6 is 22.6 Å². The van der Waals surface area contributed by atoms with Crippen molar-refractivity contribution in [2.45, 2.75) is 25.3 Å². The van der Waals surface area contributed by atoms with E-state index in [4.69, 9.17) is 0 Å². The van der Waals surface area contributed by atoms with E-state index in [2.05, 4.69) is 102 Å². The van der Waals surface area contributed by atoms with Gasteiger partial charge in [-0.1, -0.05) is 54.6 Å². The van der Waals surface area contributed by atoms with E-state index in [1.165, 1.54) is 36.7 Å². The molecule has 1 heterocycles. The van der Waals surface area contributed by atoms with Crippen molar-refractivity contribution < 1.29 is 0 Å². The van der Waals surface area contributed by atoms with E-state index in [1.807, 2.05) is 0 Å². The Morgan fingerprint density at radius 3 is 2.76 bits per heavy atom. The van der Waals surface area contributed by atoms with Crippen LogP contribution in [0.2, 0.25) is 0 Å². The van der Waals surface area contributed by atoms with E-state index < -0.39 is 0 Å². The molecule has 0 fully saturated rings. The summed E-state index contributed by atoms with van der Waals surface area (Å²) in [4.78, 5) is 0. The first-order valence-electron chi connectivity index (χ1n) is 8.93. The number of fused-ring (bicyclic) bond motifs is 4. The van der Waals surface area contributed by atoms with Gasteiger partial charge in [-0.2, -0.15) is 0 Å². The molecule has 25 heavy (non-hydrogen) atoms. The largest absolute Gasteiger partial charge is 0.377 e. The van der Waals surface area contributed by atoms with Crippen molar-refractivity contribution in [1.82, 2.24) is 0 Å². The maximum absolute atomic E-state index is 3.93. The zero-order valence-electron chi connectivity index (χ0n) is 14.2. The van der Waals surface area contributed by atoms with E-state index in [0.29, 0.717) is 17.9 Å². The molecule has 0 radical (unpaired) electrons. The molecule has 3 unspecified atom stereocenters. The molecule has 124 valence electrons. The Balaban J connectivity index is 1.70. The third-order valence-electron chi connectivity index (χ3n) is 5.79. The van der Waals surface area contributed by atoms with Crippen molar-refractivity contribution in [1.29, 1.82) is 0 Å². The number of allylic oxidation sites excluding steroid dienone is 2. The summed E-state index contributed by atoms with van der Waals surface area (Å²) in [5.41, 5.74) is 5.59. The van der Waals surface area contributed by atoms with Gasteiger partial charge in [-0.15, -0.1) is 0 Å². The molecule has 1 aliphatic heterocycles. The first kappa shape index (κ1) is 15.4. The van der Waals surface area contributed by atoms with E-state index >= 15 is 0 Å². The number of hydrogen-bond acceptors (Lipinski definition) is 1. The molecule has 5 rings (SSSR count). The molecular formula is C23H20IN. The lowest BCUT2D eigenvalue weighted by molar-refractivity contribution is 0.427. The molecule has 0 saturated heterocycles. The van der Waals surface area contributed by atoms with Crippen LogP contribution < -0.4 is 5.32 Å². The summed E-state index contributed by atoms with van der Waals surface area (Å²) in [6.45, 7) is 2.23. The van der Waals surface area contributed by atoms with Crippen LogP contribution in [0.5, 0.6) is 0 Å². The summed E-state index contributed by atoms with van der Waals surface area (Å²) < 4.78 is 1.33. The number of halogens is 1. The van der Waals surface area contributed by atoms with Crippen LogP contribution in [0.3, 0.4) is 0 Å². The van der Waals surface area contributed by atoms with Crippen molar-refractivity contribution in [2.24, 2.45) is 5.92 Å². The SMILES string of the molecule is Cc1cc(I)cc2c1NC(c1cccc3ccccc13)C1CC=CC21. The minimum Gasteiger partial charge on any atom is -0.377 e. The van der Waals surface area contributed by atoms with Crippen LogP contribution in [0.1, 0.15) is 35.1 Å². The summed E-state index contributed by atoms with van der Waals surface area (Å²) >= 11 is 2.44. The Morgan fingerprint density at radius 2 is 1.84 bits per heavy atom. The average Bonchev–Trinajstić information content (AvgIpc) is 3.11. The lowest BCUT2D eigenvalue weighted by atomic mass is 9.75. The van der Waals surface area contributed by atoms with Gasteiger partial charge in [0.2, 0.25) is 0 Å². The smallest absolute Gasteiger partial charge is 0.0560 e. The Hall–Kier alpha value is -1.81. The Kier molecular flexibility index (Phi) is 3.63. The monoisotopic (exact) mass is 437 g/mol. The van der Waals surface area contributed by atoms with Crippen LogP contribution in [0.4, 0.5) is 5.69 Å². The van der Waals surface area contributed by atoms with Gasteiger partial charge < -0.3 is 5.32 Å². The number of rotatable bonds is 1. The second-order valence-corrected chi connectivity index (χ2v) is 8.48. The van der Waals surface area contributed by atoms with E-state index in [9.17, 15) is 0 Å². The van der Waals surface area contributed by atoms with Gasteiger partial charge in [-0.05, 0) is 81.4 Å². The maximum atomic E-state index is 3.93. The summed E-state index contributed by atoms with van der Waals surface area (Å²) in [7, 11) is 0. The first-order chi connectivity index (χ1) is 12.2. The predicted molar refractivity (Wildman–Crippen MR) is 114 cm³/mol. The molecule has 2 heteroatoms. The number of hydrogen-bond donors (Lipinski definition) is 1. The van der Waals surface area contributed by atoms with Gasteiger partial charge in [0.25, 0.3) is 0 Å². The molecule has 1 nitrogen and oxygen atoms in total. The number of anilines is 1. The Labute approximate surface area is 162 Å². The van der Waals surface area contributed by atoms with Gasteiger partial charge in [0, 0.05) is 15.2 Å². The zero-order chi connectivity index (χ0) is 17.0. The van der Waals surface area contributed by atoms with Gasteiger partial charge >= 0.3 is 0 Å². The third-order valence-corrected chi connectivity index (χ3v) is 6.41. The summed E-state index contributed by atoms with van der Waals surface area (Å²) in [6.07, 6.45) is 5.95. The Morgan fingerprint density at radius 1 is 1.00 bits per heavy atom. The first-order valence-corrected chi connectivity index (χ1v) is 10.0. The highest BCUT2D eigenvalue weighted by Gasteiger charge is 2.38. The molecule has 3 aromatic rings. The van der Waals surface area contributed by atoms with Crippen molar-refractivity contribution in [2.75, 3.05) is 5.32 Å². The number of nitrogens with one attached hydrogen (secondary N) is 1. The highest BCUT2D eigenvalue weighted by atomic mass is 127. The quantitative estimate of drug-likeness (QED) is 0.335. The molecule has 0 amide bonds. The fraction of sp³-hybridized carbons (Fsp3) is 0.217. The number of aryl methyl sites for hydroxylation is 1. The van der Waals surface area contributed by atoms with Crippen LogP contribution in [-0.4, -0.2) is 0 Å². The standard InChI is InChI=1S/C23H20IN/c1-14-12-16(24)13-21-18-9-5-11-20(18)23(25-22(14)21)19-10-4-7-15-6-2-3-8-17(15)19/h2-10,12-13,18,20,23,25H,11H2,1H3. The van der Waals surface area contributed by atoms with Gasteiger partial charge in [0.05, 0.1) is 6.04 Å². The summed E-state index contributed by atoms with van der Waals surface area (Å²) in [5, 5.41) is 6.63. The maximum Gasteiger partial charge on any atom is 0.0560 e. The van der Waals surface area contributed by atoms with Gasteiger partial charge in [-0.25, -0.2) is 0 Å². The molecule has 3 aromatic carbocycles. The lowest BCUT2D eigenvalue weighted by Crippen LogP contribution is -2.29. The average molecular weight is 437 g/mol. The van der Waals surface area contributed by atoms with Crippen molar-refractivity contribution >= 4 is 39.1 Å². The van der Waals surface area contributed by atoms with Crippen molar-refractivity contribution in [3.8, 4) is 0 Å². The van der Waals surface area contributed by atoms with Gasteiger partial charge in [0.15, 0.2) is 0 Å². The fourth-order valence-corrected chi connectivity index (χ4v) is 5.47. The molecule has 1 N–H and O–H groups in total. The second kappa shape index (κ2) is 5.87. The van der Waals surface area contributed by atoms with E-state index in [-0.39, 0.29) is 0 Å². The molecule has 0 bridgehead atoms. The van der Waals surface area contributed by atoms with Crippen molar-refractivity contribution in [3.05, 3.63) is 87.0 Å². The van der Waals surface area contributed by atoms with Crippen LogP contribution in [0.15, 0.2) is 66.7 Å². The van der Waals surface area contributed by atoms with Crippen LogP contribution in [0.25, 0.3) is 10.8 Å². The topological polar surface area (TPSA) is 12.0 Å². The normalized spacial score (nSPS) is 24.0. The molecule has 0 spiro atoms. The van der Waals surface area contributed by atoms with E-state index in [0.717, 1.165) is 6.42 Å². The Bertz CT molecular complexity index is 999. The molecule has 3 atom stereocenters. The second-order valence-electron chi connectivity index (χ2n) is 7.23.